The van der Waals surface area contributed by atoms with E-state index in [2.05, 4.69) is 5.32 Å². The molecule has 1 atom stereocenters. The minimum Gasteiger partial charge on any atom is -0.497 e. The Labute approximate surface area is 162 Å². The van der Waals surface area contributed by atoms with Gasteiger partial charge in [0.2, 0.25) is 0 Å². The van der Waals surface area contributed by atoms with Crippen LogP contribution < -0.4 is 10.1 Å². The number of rotatable bonds is 8. The average Bonchev–Trinajstić information content (AvgIpc) is 2.67. The van der Waals surface area contributed by atoms with Gasteiger partial charge < -0.3 is 14.8 Å². The molecule has 7 heteroatoms. The number of esters is 1. The van der Waals surface area contributed by atoms with Crippen LogP contribution in [0.5, 0.6) is 5.75 Å². The summed E-state index contributed by atoms with van der Waals surface area (Å²) in [5.41, 5.74) is 0.897. The zero-order chi connectivity index (χ0) is 19.8. The molecule has 0 saturated carbocycles. The SMILES string of the molecule is COc1ccc(NC(=O)[C@@H](C)OC(=O)c2ccccc2SCC(C)=O)cc1. The van der Waals surface area contributed by atoms with E-state index in [0.29, 0.717) is 21.9 Å². The van der Waals surface area contributed by atoms with E-state index in [1.165, 1.54) is 25.6 Å². The zero-order valence-corrected chi connectivity index (χ0v) is 16.2. The van der Waals surface area contributed by atoms with Crippen LogP contribution in [-0.2, 0) is 14.3 Å². The molecule has 0 radical (unpaired) electrons. The molecule has 0 aromatic heterocycles. The number of amides is 1. The van der Waals surface area contributed by atoms with Gasteiger partial charge in [0.15, 0.2) is 6.10 Å². The Morgan fingerprint density at radius 2 is 1.74 bits per heavy atom. The van der Waals surface area contributed by atoms with Crippen molar-refractivity contribution in [2.24, 2.45) is 0 Å². The van der Waals surface area contributed by atoms with E-state index >= 15 is 0 Å². The van der Waals surface area contributed by atoms with Gasteiger partial charge in [0.25, 0.3) is 5.91 Å². The predicted molar refractivity (Wildman–Crippen MR) is 104 cm³/mol. The second-order valence-corrected chi connectivity index (χ2v) is 6.77. The van der Waals surface area contributed by atoms with Crippen molar-refractivity contribution in [3.8, 4) is 5.75 Å². The number of thioether (sulfide) groups is 1. The van der Waals surface area contributed by atoms with Crippen molar-refractivity contribution >= 4 is 35.1 Å². The van der Waals surface area contributed by atoms with Crippen molar-refractivity contribution < 1.29 is 23.9 Å². The summed E-state index contributed by atoms with van der Waals surface area (Å²) in [5.74, 6) is -0.110. The molecule has 1 amide bonds. The Bertz CT molecular complexity index is 819. The van der Waals surface area contributed by atoms with Gasteiger partial charge in [-0.3, -0.25) is 9.59 Å². The first kappa shape index (κ1) is 20.5. The molecule has 0 aliphatic carbocycles. The van der Waals surface area contributed by atoms with Crippen molar-refractivity contribution in [2.75, 3.05) is 18.2 Å². The minimum atomic E-state index is -0.981. The van der Waals surface area contributed by atoms with E-state index in [1.54, 1.807) is 55.6 Å². The number of anilines is 1. The number of carbonyl (C=O) groups is 3. The van der Waals surface area contributed by atoms with Gasteiger partial charge in [0.1, 0.15) is 11.5 Å². The number of Topliss-reactive ketones (excluding diaryl/α,β-unsaturated/α-hetero) is 1. The monoisotopic (exact) mass is 387 g/mol. The Balaban J connectivity index is 1.99. The highest BCUT2D eigenvalue weighted by Gasteiger charge is 2.21. The number of hydrogen-bond acceptors (Lipinski definition) is 6. The van der Waals surface area contributed by atoms with Crippen LogP contribution in [0.4, 0.5) is 5.69 Å². The lowest BCUT2D eigenvalue weighted by molar-refractivity contribution is -0.123. The number of ketones is 1. The lowest BCUT2D eigenvalue weighted by atomic mass is 10.2. The highest BCUT2D eigenvalue weighted by molar-refractivity contribution is 8.00. The minimum absolute atomic E-state index is 0.00964. The molecule has 142 valence electrons. The Morgan fingerprint density at radius 3 is 2.37 bits per heavy atom. The van der Waals surface area contributed by atoms with Crippen LogP contribution in [0.15, 0.2) is 53.4 Å². The fraction of sp³-hybridized carbons (Fsp3) is 0.250. The first-order valence-corrected chi connectivity index (χ1v) is 9.26. The van der Waals surface area contributed by atoms with Crippen LogP contribution in [0.25, 0.3) is 0 Å². The van der Waals surface area contributed by atoms with Crippen molar-refractivity contribution in [3.05, 3.63) is 54.1 Å². The molecular formula is C20H21NO5S. The zero-order valence-electron chi connectivity index (χ0n) is 15.4. The molecule has 1 N–H and O–H groups in total. The van der Waals surface area contributed by atoms with Gasteiger partial charge in [0, 0.05) is 10.6 Å². The first-order chi connectivity index (χ1) is 12.9. The summed E-state index contributed by atoms with van der Waals surface area (Å²) in [5, 5.41) is 2.68. The third kappa shape index (κ3) is 6.14. The third-order valence-corrected chi connectivity index (χ3v) is 4.77. The molecule has 0 spiro atoms. The second kappa shape index (κ2) is 9.78. The highest BCUT2D eigenvalue weighted by Crippen LogP contribution is 2.24. The van der Waals surface area contributed by atoms with Crippen molar-refractivity contribution in [2.45, 2.75) is 24.8 Å². The molecular weight excluding hydrogens is 366 g/mol. The van der Waals surface area contributed by atoms with Gasteiger partial charge >= 0.3 is 5.97 Å². The van der Waals surface area contributed by atoms with Gasteiger partial charge in [-0.1, -0.05) is 12.1 Å². The van der Waals surface area contributed by atoms with Crippen molar-refractivity contribution in [3.63, 3.8) is 0 Å². The maximum Gasteiger partial charge on any atom is 0.340 e. The fourth-order valence-corrected chi connectivity index (χ4v) is 2.98. The lowest BCUT2D eigenvalue weighted by Gasteiger charge is -2.15. The molecule has 0 saturated heterocycles. The molecule has 0 unspecified atom stereocenters. The molecule has 0 bridgehead atoms. The summed E-state index contributed by atoms with van der Waals surface area (Å²) in [6, 6.07) is 13.7. The fourth-order valence-electron chi connectivity index (χ4n) is 2.14. The summed E-state index contributed by atoms with van der Waals surface area (Å²) in [4.78, 5) is 36.5. The predicted octanol–water partition coefficient (Wildman–Crippen LogP) is 3.56. The highest BCUT2D eigenvalue weighted by atomic mass is 32.2. The number of ether oxygens (including phenoxy) is 2. The molecule has 0 aliphatic rings. The van der Waals surface area contributed by atoms with E-state index in [0.717, 1.165) is 0 Å². The molecule has 2 aromatic carbocycles. The summed E-state index contributed by atoms with van der Waals surface area (Å²) >= 11 is 1.26. The van der Waals surface area contributed by atoms with Crippen LogP contribution in [0.1, 0.15) is 24.2 Å². The van der Waals surface area contributed by atoms with Gasteiger partial charge in [-0.15, -0.1) is 11.8 Å². The van der Waals surface area contributed by atoms with Crippen molar-refractivity contribution in [1.82, 2.24) is 0 Å². The van der Waals surface area contributed by atoms with Crippen LogP contribution in [0.3, 0.4) is 0 Å². The quantitative estimate of drug-likeness (QED) is 0.551. The van der Waals surface area contributed by atoms with E-state index in [1.807, 2.05) is 0 Å². The Morgan fingerprint density at radius 1 is 1.07 bits per heavy atom. The molecule has 2 rings (SSSR count). The maximum absolute atomic E-state index is 12.4. The molecule has 27 heavy (non-hydrogen) atoms. The Kier molecular flexibility index (Phi) is 7.43. The topological polar surface area (TPSA) is 81.7 Å². The summed E-state index contributed by atoms with van der Waals surface area (Å²) in [6.45, 7) is 2.99. The second-order valence-electron chi connectivity index (χ2n) is 5.75. The largest absolute Gasteiger partial charge is 0.497 e. The normalized spacial score (nSPS) is 11.4. The number of methoxy groups -OCH3 is 1. The summed E-state index contributed by atoms with van der Waals surface area (Å²) in [7, 11) is 1.56. The molecule has 0 aliphatic heterocycles. The van der Waals surface area contributed by atoms with Crippen LogP contribution in [0, 0.1) is 0 Å². The van der Waals surface area contributed by atoms with E-state index < -0.39 is 18.0 Å². The Hall–Kier alpha value is -2.80. The van der Waals surface area contributed by atoms with Crippen LogP contribution >= 0.6 is 11.8 Å². The third-order valence-electron chi connectivity index (χ3n) is 3.55. The van der Waals surface area contributed by atoms with Gasteiger partial charge in [-0.05, 0) is 50.2 Å². The summed E-state index contributed by atoms with van der Waals surface area (Å²) < 4.78 is 10.4. The van der Waals surface area contributed by atoms with E-state index in [9.17, 15) is 14.4 Å². The van der Waals surface area contributed by atoms with Gasteiger partial charge in [0.05, 0.1) is 18.4 Å². The number of benzene rings is 2. The number of nitrogens with one attached hydrogen (secondary N) is 1. The number of hydrogen-bond donors (Lipinski definition) is 1. The van der Waals surface area contributed by atoms with Gasteiger partial charge in [-0.2, -0.15) is 0 Å². The smallest absolute Gasteiger partial charge is 0.340 e. The van der Waals surface area contributed by atoms with Crippen molar-refractivity contribution in [1.29, 1.82) is 0 Å². The first-order valence-electron chi connectivity index (χ1n) is 8.28. The lowest BCUT2D eigenvalue weighted by Crippen LogP contribution is -2.30. The van der Waals surface area contributed by atoms with E-state index in [4.69, 9.17) is 9.47 Å². The van der Waals surface area contributed by atoms with Crippen LogP contribution in [0.2, 0.25) is 0 Å². The number of carbonyl (C=O) groups excluding carboxylic acids is 3. The average molecular weight is 387 g/mol. The molecule has 6 nitrogen and oxygen atoms in total. The van der Waals surface area contributed by atoms with E-state index in [-0.39, 0.29) is 11.5 Å². The van der Waals surface area contributed by atoms with Crippen LogP contribution in [-0.4, -0.2) is 36.6 Å². The van der Waals surface area contributed by atoms with Gasteiger partial charge in [-0.25, -0.2) is 4.79 Å². The molecule has 0 heterocycles. The maximum atomic E-state index is 12.4. The summed E-state index contributed by atoms with van der Waals surface area (Å²) in [6.07, 6.45) is -0.981. The molecule has 2 aromatic rings. The standard InChI is InChI=1S/C20H21NO5S/c1-13(22)12-27-18-7-5-4-6-17(18)20(24)26-14(2)19(23)21-15-8-10-16(25-3)11-9-15/h4-11,14H,12H2,1-3H3,(H,21,23)/t14-/m1/s1. The molecule has 0 fully saturated rings.